The van der Waals surface area contributed by atoms with Gasteiger partial charge in [-0.2, -0.15) is 5.10 Å². The number of aromatic nitrogens is 5. The van der Waals surface area contributed by atoms with Gasteiger partial charge in [0.15, 0.2) is 0 Å². The zero-order chi connectivity index (χ0) is 13.4. The highest BCUT2D eigenvalue weighted by Crippen LogP contribution is 2.15. The number of hydrogen-bond donors (Lipinski definition) is 1. The number of carboxylic acids is 1. The van der Waals surface area contributed by atoms with Gasteiger partial charge in [0.25, 0.3) is 0 Å². The van der Waals surface area contributed by atoms with Crippen molar-refractivity contribution in [3.05, 3.63) is 29.6 Å². The number of rotatable bonds is 3. The molecule has 0 saturated carbocycles. The minimum Gasteiger partial charge on any atom is -0.478 e. The molecule has 3 heterocycles. The summed E-state index contributed by atoms with van der Waals surface area (Å²) in [5.41, 5.74) is 0.968. The molecule has 0 spiro atoms. The van der Waals surface area contributed by atoms with E-state index in [0.717, 1.165) is 18.9 Å². The molecule has 0 aliphatic carbocycles. The van der Waals surface area contributed by atoms with E-state index in [1.165, 1.54) is 6.20 Å². The van der Waals surface area contributed by atoms with Crippen LogP contribution in [0.1, 0.15) is 21.9 Å². The Labute approximate surface area is 109 Å². The number of carboxylic acid groups (broad SMARTS) is 1. The van der Waals surface area contributed by atoms with Crippen molar-refractivity contribution in [2.24, 2.45) is 7.05 Å². The lowest BCUT2D eigenvalue weighted by atomic mass is 10.2. The van der Waals surface area contributed by atoms with Gasteiger partial charge in [0.1, 0.15) is 17.7 Å². The quantitative estimate of drug-likeness (QED) is 0.818. The van der Waals surface area contributed by atoms with Crippen molar-refractivity contribution in [2.75, 3.05) is 6.54 Å². The summed E-state index contributed by atoms with van der Waals surface area (Å²) in [6.45, 7) is 2.88. The lowest BCUT2D eigenvalue weighted by Gasteiger charge is -2.26. The molecule has 0 fully saturated rings. The van der Waals surface area contributed by atoms with Gasteiger partial charge < -0.3 is 9.67 Å². The highest BCUT2D eigenvalue weighted by atomic mass is 16.4. The second-order valence-corrected chi connectivity index (χ2v) is 4.58. The van der Waals surface area contributed by atoms with Crippen LogP contribution in [0.3, 0.4) is 0 Å². The summed E-state index contributed by atoms with van der Waals surface area (Å²) < 4.78 is 3.63. The molecule has 3 rings (SSSR count). The summed E-state index contributed by atoms with van der Waals surface area (Å²) in [6, 6.07) is 0. The van der Waals surface area contributed by atoms with Crippen LogP contribution in [0.15, 0.2) is 12.5 Å². The van der Waals surface area contributed by atoms with Crippen LogP contribution in [0, 0.1) is 0 Å². The molecule has 0 amide bonds. The fourth-order valence-corrected chi connectivity index (χ4v) is 2.29. The first-order chi connectivity index (χ1) is 9.15. The molecule has 0 aromatic carbocycles. The first-order valence-electron chi connectivity index (χ1n) is 5.98. The van der Waals surface area contributed by atoms with E-state index in [0.29, 0.717) is 18.8 Å². The Balaban J connectivity index is 1.80. The monoisotopic (exact) mass is 262 g/mol. The molecule has 0 unspecified atom stereocenters. The van der Waals surface area contributed by atoms with Gasteiger partial charge in [0.2, 0.25) is 0 Å². The predicted octanol–water partition coefficient (Wildman–Crippen LogP) is -0.274. The van der Waals surface area contributed by atoms with Crippen LogP contribution in [0.4, 0.5) is 0 Å². The van der Waals surface area contributed by atoms with Crippen LogP contribution in [0.2, 0.25) is 0 Å². The number of aryl methyl sites for hydroxylation is 1. The van der Waals surface area contributed by atoms with Crippen molar-refractivity contribution >= 4 is 5.97 Å². The van der Waals surface area contributed by atoms with E-state index in [2.05, 4.69) is 20.2 Å². The van der Waals surface area contributed by atoms with E-state index >= 15 is 0 Å². The van der Waals surface area contributed by atoms with E-state index in [-0.39, 0.29) is 5.56 Å². The van der Waals surface area contributed by atoms with Crippen molar-refractivity contribution in [1.82, 2.24) is 29.4 Å². The zero-order valence-electron chi connectivity index (χ0n) is 10.5. The van der Waals surface area contributed by atoms with Gasteiger partial charge in [-0.3, -0.25) is 9.58 Å². The van der Waals surface area contributed by atoms with Crippen molar-refractivity contribution in [1.29, 1.82) is 0 Å². The maximum absolute atomic E-state index is 11.1. The summed E-state index contributed by atoms with van der Waals surface area (Å²) in [5.74, 6) is -0.0337. The molecule has 1 aliphatic heterocycles. The van der Waals surface area contributed by atoms with E-state index in [9.17, 15) is 4.79 Å². The number of nitrogens with zero attached hydrogens (tertiary/aromatic N) is 6. The van der Waals surface area contributed by atoms with Crippen LogP contribution >= 0.6 is 0 Å². The second-order valence-electron chi connectivity index (χ2n) is 4.58. The molecule has 0 radical (unpaired) electrons. The van der Waals surface area contributed by atoms with Crippen LogP contribution in [-0.4, -0.2) is 47.1 Å². The highest BCUT2D eigenvalue weighted by molar-refractivity contribution is 5.88. The number of aromatic carboxylic acids is 1. The Morgan fingerprint density at radius 3 is 3.11 bits per heavy atom. The minimum absolute atomic E-state index is 0.259. The van der Waals surface area contributed by atoms with Crippen LogP contribution < -0.4 is 0 Å². The second kappa shape index (κ2) is 4.47. The molecular formula is C11H14N6O2. The van der Waals surface area contributed by atoms with Crippen molar-refractivity contribution in [2.45, 2.75) is 19.6 Å². The maximum atomic E-state index is 11.1. The molecule has 0 bridgehead atoms. The summed E-state index contributed by atoms with van der Waals surface area (Å²) >= 11 is 0. The summed E-state index contributed by atoms with van der Waals surface area (Å²) in [7, 11) is 1.76. The Hall–Kier alpha value is -2.22. The molecule has 8 heteroatoms. The van der Waals surface area contributed by atoms with Gasteiger partial charge >= 0.3 is 5.97 Å². The third-order valence-corrected chi connectivity index (χ3v) is 3.38. The molecule has 8 nitrogen and oxygen atoms in total. The average molecular weight is 262 g/mol. The van der Waals surface area contributed by atoms with Crippen LogP contribution in [0.25, 0.3) is 0 Å². The largest absolute Gasteiger partial charge is 0.478 e. The molecular weight excluding hydrogens is 248 g/mol. The maximum Gasteiger partial charge on any atom is 0.339 e. The van der Waals surface area contributed by atoms with Gasteiger partial charge in [-0.1, -0.05) is 0 Å². The third-order valence-electron chi connectivity index (χ3n) is 3.38. The minimum atomic E-state index is -0.941. The predicted molar refractivity (Wildman–Crippen MR) is 64.3 cm³/mol. The first kappa shape index (κ1) is 11.8. The summed E-state index contributed by atoms with van der Waals surface area (Å²) in [6.07, 6.45) is 3.11. The number of hydrogen-bond acceptors (Lipinski definition) is 5. The van der Waals surface area contributed by atoms with E-state index in [1.54, 1.807) is 18.1 Å². The normalized spacial score (nSPS) is 15.4. The van der Waals surface area contributed by atoms with Crippen molar-refractivity contribution in [3.63, 3.8) is 0 Å². The Kier molecular flexibility index (Phi) is 2.79. The first-order valence-corrected chi connectivity index (χ1v) is 5.98. The molecule has 1 N–H and O–H groups in total. The van der Waals surface area contributed by atoms with E-state index in [4.69, 9.17) is 5.11 Å². The van der Waals surface area contributed by atoms with Gasteiger partial charge in [0, 0.05) is 26.7 Å². The zero-order valence-corrected chi connectivity index (χ0v) is 10.5. The fourth-order valence-electron chi connectivity index (χ4n) is 2.29. The molecule has 2 aromatic rings. The SMILES string of the molecule is Cn1ncc(C(=O)O)c1CN1CCn2cnnc2C1. The Morgan fingerprint density at radius 1 is 1.47 bits per heavy atom. The lowest BCUT2D eigenvalue weighted by Crippen LogP contribution is -2.34. The van der Waals surface area contributed by atoms with Gasteiger partial charge in [-0.05, 0) is 0 Å². The fraction of sp³-hybridized carbons (Fsp3) is 0.455. The van der Waals surface area contributed by atoms with E-state index < -0.39 is 5.97 Å². The average Bonchev–Trinajstić information content (AvgIpc) is 2.97. The standard InChI is InChI=1S/C11H14N6O2/c1-15-9(8(4-13-15)11(18)19)5-16-2-3-17-7-12-14-10(17)6-16/h4,7H,2-3,5-6H2,1H3,(H,18,19). The summed E-state index contributed by atoms with van der Waals surface area (Å²) in [4.78, 5) is 13.3. The highest BCUT2D eigenvalue weighted by Gasteiger charge is 2.22. The van der Waals surface area contributed by atoms with Crippen LogP contribution in [-0.2, 0) is 26.7 Å². The Bertz CT molecular complexity index is 616. The topological polar surface area (TPSA) is 89.1 Å². The van der Waals surface area contributed by atoms with Gasteiger partial charge in [-0.25, -0.2) is 4.79 Å². The molecule has 100 valence electrons. The summed E-state index contributed by atoms with van der Waals surface area (Å²) in [5, 5.41) is 21.1. The van der Waals surface area contributed by atoms with E-state index in [1.807, 2.05) is 4.57 Å². The van der Waals surface area contributed by atoms with Gasteiger partial charge in [0.05, 0.1) is 18.4 Å². The van der Waals surface area contributed by atoms with Crippen molar-refractivity contribution < 1.29 is 9.90 Å². The molecule has 0 atom stereocenters. The number of carbonyl (C=O) groups is 1. The Morgan fingerprint density at radius 2 is 2.32 bits per heavy atom. The van der Waals surface area contributed by atoms with Crippen LogP contribution in [0.5, 0.6) is 0 Å². The third kappa shape index (κ3) is 2.10. The molecule has 0 saturated heterocycles. The molecule has 1 aliphatic rings. The molecule has 2 aromatic heterocycles. The van der Waals surface area contributed by atoms with Gasteiger partial charge in [-0.15, -0.1) is 10.2 Å². The number of fused-ring (bicyclic) bond motifs is 1. The smallest absolute Gasteiger partial charge is 0.339 e. The van der Waals surface area contributed by atoms with Crippen molar-refractivity contribution in [3.8, 4) is 0 Å². The molecule has 19 heavy (non-hydrogen) atoms. The lowest BCUT2D eigenvalue weighted by molar-refractivity contribution is 0.0693.